The van der Waals surface area contributed by atoms with E-state index in [2.05, 4.69) is 19.1 Å². The molecule has 1 amide bonds. The Kier molecular flexibility index (Phi) is 5.36. The van der Waals surface area contributed by atoms with Gasteiger partial charge < -0.3 is 24.4 Å². The molecule has 1 aliphatic rings. The van der Waals surface area contributed by atoms with Gasteiger partial charge in [-0.25, -0.2) is 9.59 Å². The average Bonchev–Trinajstić information content (AvgIpc) is 3.09. The molecular formula is C21H25N4O5S+. The molecule has 0 bridgehead atoms. The van der Waals surface area contributed by atoms with Gasteiger partial charge in [0, 0.05) is 27.7 Å². The van der Waals surface area contributed by atoms with Crippen LogP contribution in [0.4, 0.5) is 10.5 Å². The van der Waals surface area contributed by atoms with Crippen molar-refractivity contribution in [3.05, 3.63) is 23.2 Å². The Morgan fingerprint density at radius 1 is 1.13 bits per heavy atom. The van der Waals surface area contributed by atoms with E-state index in [4.69, 9.17) is 19.9 Å². The number of amides is 1. The fourth-order valence-electron chi connectivity index (χ4n) is 3.59. The van der Waals surface area contributed by atoms with Crippen molar-refractivity contribution < 1.29 is 28.3 Å². The molecule has 0 unspecified atom stereocenters. The van der Waals surface area contributed by atoms with Crippen LogP contribution in [0, 0.1) is 0 Å². The molecular weight excluding hydrogens is 420 g/mol. The summed E-state index contributed by atoms with van der Waals surface area (Å²) >= 11 is 1.23. The standard InChI is InChI=1S/C21H24N4O5S/c1-25(2)7-5-24(6-8-25)21(27)30-16-10-14-12(9-15(16)28-3)18-13(11-23-14)17(22)19(31-18)20(26)29-4/h9-11H,5-8H2,1-4H3,(H-,22,26)/p+1. The summed E-state index contributed by atoms with van der Waals surface area (Å²) in [5, 5.41) is 1.41. The van der Waals surface area contributed by atoms with Gasteiger partial charge in [0.1, 0.15) is 4.88 Å². The Morgan fingerprint density at radius 2 is 1.84 bits per heavy atom. The first kappa shape index (κ1) is 21.1. The third-order valence-electron chi connectivity index (χ3n) is 5.62. The van der Waals surface area contributed by atoms with Crippen LogP contribution in [-0.4, -0.2) is 80.9 Å². The van der Waals surface area contributed by atoms with Gasteiger partial charge in [0.15, 0.2) is 11.5 Å². The van der Waals surface area contributed by atoms with Crippen LogP contribution in [0.3, 0.4) is 0 Å². The van der Waals surface area contributed by atoms with E-state index in [1.165, 1.54) is 25.6 Å². The number of ether oxygens (including phenoxy) is 3. The van der Waals surface area contributed by atoms with Crippen LogP contribution in [0.5, 0.6) is 11.5 Å². The van der Waals surface area contributed by atoms with Crippen molar-refractivity contribution in [1.29, 1.82) is 0 Å². The summed E-state index contributed by atoms with van der Waals surface area (Å²) in [6.45, 7) is 2.99. The van der Waals surface area contributed by atoms with E-state index in [9.17, 15) is 9.59 Å². The van der Waals surface area contributed by atoms with Crippen molar-refractivity contribution in [3.8, 4) is 11.5 Å². The monoisotopic (exact) mass is 445 g/mol. The SMILES string of the molecule is COC(=O)c1sc2c(cnc3cc(OC(=O)N4CC[N+](C)(C)CC4)c(OC)cc32)c1N. The van der Waals surface area contributed by atoms with Gasteiger partial charge >= 0.3 is 12.1 Å². The number of anilines is 1. The molecule has 0 radical (unpaired) electrons. The lowest BCUT2D eigenvalue weighted by molar-refractivity contribution is -0.894. The third kappa shape index (κ3) is 3.84. The number of fused-ring (bicyclic) bond motifs is 3. The van der Waals surface area contributed by atoms with E-state index in [1.54, 1.807) is 23.2 Å². The maximum atomic E-state index is 12.7. The number of quaternary nitrogens is 1. The minimum Gasteiger partial charge on any atom is -0.493 e. The summed E-state index contributed by atoms with van der Waals surface area (Å²) < 4.78 is 17.6. The zero-order valence-electron chi connectivity index (χ0n) is 17.9. The van der Waals surface area contributed by atoms with E-state index in [0.29, 0.717) is 46.1 Å². The molecule has 31 heavy (non-hydrogen) atoms. The Morgan fingerprint density at radius 3 is 2.48 bits per heavy atom. The van der Waals surface area contributed by atoms with Crippen LogP contribution in [-0.2, 0) is 4.74 Å². The molecule has 4 rings (SSSR count). The fraction of sp³-hybridized carbons (Fsp3) is 0.381. The molecule has 0 aliphatic carbocycles. The number of benzene rings is 1. The molecule has 0 spiro atoms. The number of hydrogen-bond acceptors (Lipinski definition) is 8. The quantitative estimate of drug-likeness (QED) is 0.488. The molecule has 3 aromatic rings. The molecule has 9 nitrogen and oxygen atoms in total. The molecule has 1 fully saturated rings. The highest BCUT2D eigenvalue weighted by molar-refractivity contribution is 7.22. The number of carbonyl (C=O) groups excluding carboxylic acids is 2. The Hall–Kier alpha value is -3.11. The predicted octanol–water partition coefficient (Wildman–Crippen LogP) is 2.72. The molecule has 164 valence electrons. The lowest BCUT2D eigenvalue weighted by Gasteiger charge is -2.38. The topological polar surface area (TPSA) is 104 Å². The van der Waals surface area contributed by atoms with Gasteiger partial charge in [0.25, 0.3) is 0 Å². The largest absolute Gasteiger partial charge is 0.493 e. The smallest absolute Gasteiger partial charge is 0.415 e. The maximum absolute atomic E-state index is 12.7. The first-order valence-corrected chi connectivity index (χ1v) is 10.6. The summed E-state index contributed by atoms with van der Waals surface area (Å²) in [6.07, 6.45) is 1.20. The highest BCUT2D eigenvalue weighted by Crippen LogP contribution is 2.41. The number of likely N-dealkylation sites (N-methyl/N-ethyl adjacent to an activating group) is 1. The molecule has 1 aromatic carbocycles. The van der Waals surface area contributed by atoms with E-state index < -0.39 is 12.1 Å². The minimum atomic E-state index is -0.493. The maximum Gasteiger partial charge on any atom is 0.415 e. The van der Waals surface area contributed by atoms with Crippen molar-refractivity contribution in [2.24, 2.45) is 0 Å². The predicted molar refractivity (Wildman–Crippen MR) is 119 cm³/mol. The number of carbonyl (C=O) groups is 2. The zero-order chi connectivity index (χ0) is 22.3. The number of piperazine rings is 1. The molecule has 0 atom stereocenters. The summed E-state index contributed by atoms with van der Waals surface area (Å²) in [4.78, 5) is 31.2. The number of thiophene rings is 1. The number of nitrogens with zero attached hydrogens (tertiary/aromatic N) is 3. The summed E-state index contributed by atoms with van der Waals surface area (Å²) in [7, 11) is 7.11. The molecule has 3 heterocycles. The van der Waals surface area contributed by atoms with Crippen LogP contribution in [0.15, 0.2) is 18.3 Å². The highest BCUT2D eigenvalue weighted by atomic mass is 32.1. The van der Waals surface area contributed by atoms with Crippen molar-refractivity contribution in [3.63, 3.8) is 0 Å². The Balaban J connectivity index is 1.70. The van der Waals surface area contributed by atoms with Gasteiger partial charge in [-0.15, -0.1) is 11.3 Å². The number of esters is 1. The number of pyridine rings is 1. The van der Waals surface area contributed by atoms with Gasteiger partial charge in [-0.2, -0.15) is 0 Å². The number of nitrogens with two attached hydrogens (primary N) is 1. The third-order valence-corrected chi connectivity index (χ3v) is 6.85. The second kappa shape index (κ2) is 7.86. The van der Waals surface area contributed by atoms with Crippen molar-refractivity contribution in [2.75, 3.05) is 60.2 Å². The van der Waals surface area contributed by atoms with Crippen LogP contribution >= 0.6 is 11.3 Å². The second-order valence-electron chi connectivity index (χ2n) is 8.10. The zero-order valence-corrected chi connectivity index (χ0v) is 18.7. The normalized spacial score (nSPS) is 15.8. The van der Waals surface area contributed by atoms with Crippen LogP contribution in [0.2, 0.25) is 0 Å². The number of hydrogen-bond donors (Lipinski definition) is 1. The number of aromatic nitrogens is 1. The van der Waals surface area contributed by atoms with Crippen LogP contribution < -0.4 is 15.2 Å². The first-order valence-electron chi connectivity index (χ1n) is 9.80. The summed E-state index contributed by atoms with van der Waals surface area (Å²) in [6, 6.07) is 3.42. The first-order chi connectivity index (χ1) is 14.7. The van der Waals surface area contributed by atoms with Crippen molar-refractivity contribution in [2.45, 2.75) is 0 Å². The molecule has 2 aromatic heterocycles. The van der Waals surface area contributed by atoms with Gasteiger partial charge in [-0.05, 0) is 6.07 Å². The molecule has 2 N–H and O–H groups in total. The van der Waals surface area contributed by atoms with Gasteiger partial charge in [0.2, 0.25) is 0 Å². The summed E-state index contributed by atoms with van der Waals surface area (Å²) in [5.41, 5.74) is 7.07. The van der Waals surface area contributed by atoms with E-state index in [-0.39, 0.29) is 0 Å². The molecule has 10 heteroatoms. The Labute approximate surface area is 183 Å². The highest BCUT2D eigenvalue weighted by Gasteiger charge is 2.29. The van der Waals surface area contributed by atoms with E-state index in [0.717, 1.165) is 27.7 Å². The lowest BCUT2D eigenvalue weighted by Crippen LogP contribution is -2.56. The van der Waals surface area contributed by atoms with E-state index >= 15 is 0 Å². The number of nitrogen functional groups attached to an aromatic ring is 1. The lowest BCUT2D eigenvalue weighted by atomic mass is 10.1. The fourth-order valence-corrected chi connectivity index (χ4v) is 4.72. The minimum absolute atomic E-state index is 0.295. The van der Waals surface area contributed by atoms with Gasteiger partial charge in [-0.3, -0.25) is 9.88 Å². The Bertz CT molecular complexity index is 1180. The van der Waals surface area contributed by atoms with Crippen LogP contribution in [0.25, 0.3) is 21.0 Å². The van der Waals surface area contributed by atoms with Crippen molar-refractivity contribution in [1.82, 2.24) is 9.88 Å². The van der Waals surface area contributed by atoms with Gasteiger partial charge in [0.05, 0.1) is 65.7 Å². The van der Waals surface area contributed by atoms with Gasteiger partial charge in [-0.1, -0.05) is 0 Å². The summed E-state index contributed by atoms with van der Waals surface area (Å²) in [5.74, 6) is 0.200. The number of rotatable bonds is 3. The van der Waals surface area contributed by atoms with Crippen LogP contribution in [0.1, 0.15) is 9.67 Å². The second-order valence-corrected chi connectivity index (χ2v) is 9.12. The van der Waals surface area contributed by atoms with E-state index in [1.807, 2.05) is 0 Å². The molecule has 1 aliphatic heterocycles. The molecule has 1 saturated heterocycles. The molecule has 0 saturated carbocycles. The van der Waals surface area contributed by atoms with Crippen molar-refractivity contribution >= 4 is 50.1 Å². The average molecular weight is 446 g/mol. The number of methoxy groups -OCH3 is 2.